The molecule has 0 atom stereocenters. The van der Waals surface area contributed by atoms with E-state index in [1.807, 2.05) is 6.07 Å². The fourth-order valence-electron chi connectivity index (χ4n) is 2.57. The van der Waals surface area contributed by atoms with Crippen molar-refractivity contribution < 1.29 is 4.74 Å². The summed E-state index contributed by atoms with van der Waals surface area (Å²) in [5, 5.41) is 4.72. The Morgan fingerprint density at radius 3 is 2.80 bits per heavy atom. The van der Waals surface area contributed by atoms with E-state index in [1.165, 1.54) is 36.6 Å². The van der Waals surface area contributed by atoms with Crippen LogP contribution in [-0.2, 0) is 6.54 Å². The van der Waals surface area contributed by atoms with Crippen molar-refractivity contribution in [2.45, 2.75) is 39.2 Å². The summed E-state index contributed by atoms with van der Waals surface area (Å²) in [4.78, 5) is 0. The van der Waals surface area contributed by atoms with Crippen LogP contribution in [0.1, 0.15) is 32.6 Å². The summed E-state index contributed by atoms with van der Waals surface area (Å²) in [6.07, 6.45) is 7.42. The van der Waals surface area contributed by atoms with E-state index < -0.39 is 0 Å². The molecule has 110 valence electrons. The molecule has 0 fully saturated rings. The van der Waals surface area contributed by atoms with Crippen LogP contribution in [0.15, 0.2) is 30.5 Å². The van der Waals surface area contributed by atoms with Crippen molar-refractivity contribution >= 4 is 10.9 Å². The van der Waals surface area contributed by atoms with Crippen LogP contribution >= 0.6 is 0 Å². The third-order valence-electron chi connectivity index (χ3n) is 3.73. The Balaban J connectivity index is 1.82. The molecule has 0 aliphatic carbocycles. The van der Waals surface area contributed by atoms with Crippen molar-refractivity contribution in [2.75, 3.05) is 20.2 Å². The zero-order chi connectivity index (χ0) is 14.2. The van der Waals surface area contributed by atoms with E-state index >= 15 is 0 Å². The lowest BCUT2D eigenvalue weighted by Gasteiger charge is -2.08. The minimum absolute atomic E-state index is 0.953. The van der Waals surface area contributed by atoms with Gasteiger partial charge in [0.1, 0.15) is 5.75 Å². The van der Waals surface area contributed by atoms with Gasteiger partial charge in [-0.1, -0.05) is 32.3 Å². The van der Waals surface area contributed by atoms with Crippen molar-refractivity contribution in [1.82, 2.24) is 9.88 Å². The zero-order valence-electron chi connectivity index (χ0n) is 12.7. The lowest BCUT2D eigenvalue weighted by molar-refractivity contribution is 0.420. The van der Waals surface area contributed by atoms with Crippen LogP contribution in [0.4, 0.5) is 0 Å². The maximum atomic E-state index is 5.39. The number of unbranched alkanes of at least 4 members (excludes halogenated alkanes) is 3. The van der Waals surface area contributed by atoms with E-state index in [0.717, 1.165) is 25.4 Å². The quantitative estimate of drug-likeness (QED) is 0.704. The highest BCUT2D eigenvalue weighted by molar-refractivity contribution is 5.86. The zero-order valence-corrected chi connectivity index (χ0v) is 12.7. The summed E-state index contributed by atoms with van der Waals surface area (Å²) in [5.41, 5.74) is 1.25. The van der Waals surface area contributed by atoms with Gasteiger partial charge < -0.3 is 14.6 Å². The summed E-state index contributed by atoms with van der Waals surface area (Å²) in [5.74, 6) is 0.953. The molecule has 1 N–H and O–H groups in total. The third-order valence-corrected chi connectivity index (χ3v) is 3.73. The number of rotatable bonds is 9. The van der Waals surface area contributed by atoms with Gasteiger partial charge in [0.25, 0.3) is 0 Å². The normalized spacial score (nSPS) is 11.1. The molecule has 20 heavy (non-hydrogen) atoms. The maximum Gasteiger partial charge on any atom is 0.128 e. The molecule has 1 aromatic heterocycles. The van der Waals surface area contributed by atoms with Gasteiger partial charge in [-0.05, 0) is 31.2 Å². The average molecular weight is 274 g/mol. The molecule has 1 aromatic carbocycles. The van der Waals surface area contributed by atoms with Crippen molar-refractivity contribution in [2.24, 2.45) is 0 Å². The highest BCUT2D eigenvalue weighted by atomic mass is 16.5. The first kappa shape index (κ1) is 14.9. The predicted octanol–water partition coefficient (Wildman–Crippen LogP) is 3.82. The smallest absolute Gasteiger partial charge is 0.128 e. The van der Waals surface area contributed by atoms with E-state index in [-0.39, 0.29) is 0 Å². The van der Waals surface area contributed by atoms with Crippen LogP contribution in [0.2, 0.25) is 0 Å². The summed E-state index contributed by atoms with van der Waals surface area (Å²) >= 11 is 0. The van der Waals surface area contributed by atoms with Crippen molar-refractivity contribution in [3.05, 3.63) is 30.5 Å². The third kappa shape index (κ3) is 3.76. The fourth-order valence-corrected chi connectivity index (χ4v) is 2.57. The van der Waals surface area contributed by atoms with Crippen LogP contribution in [0, 0.1) is 0 Å². The number of benzene rings is 1. The van der Waals surface area contributed by atoms with Crippen LogP contribution < -0.4 is 10.1 Å². The summed E-state index contributed by atoms with van der Waals surface area (Å²) in [6, 6.07) is 8.35. The predicted molar refractivity (Wildman–Crippen MR) is 85.5 cm³/mol. The molecule has 0 spiro atoms. The highest BCUT2D eigenvalue weighted by Crippen LogP contribution is 2.25. The van der Waals surface area contributed by atoms with Crippen molar-refractivity contribution in [3.8, 4) is 5.75 Å². The number of ether oxygens (including phenoxy) is 1. The molecule has 0 aliphatic rings. The lowest BCUT2D eigenvalue weighted by Crippen LogP contribution is -2.20. The van der Waals surface area contributed by atoms with Gasteiger partial charge in [-0.3, -0.25) is 0 Å². The number of fused-ring (bicyclic) bond motifs is 1. The second-order valence-electron chi connectivity index (χ2n) is 5.21. The fraction of sp³-hybridized carbons (Fsp3) is 0.529. The summed E-state index contributed by atoms with van der Waals surface area (Å²) < 4.78 is 7.68. The first-order valence-corrected chi connectivity index (χ1v) is 7.69. The van der Waals surface area contributed by atoms with Gasteiger partial charge in [-0.25, -0.2) is 0 Å². The number of hydrogen-bond donors (Lipinski definition) is 1. The Kier molecular flexibility index (Phi) is 5.93. The molecule has 0 aliphatic heterocycles. The molecule has 2 rings (SSSR count). The number of hydrogen-bond acceptors (Lipinski definition) is 2. The first-order chi connectivity index (χ1) is 9.86. The summed E-state index contributed by atoms with van der Waals surface area (Å²) in [7, 11) is 1.73. The molecular formula is C17H26N2O. The largest absolute Gasteiger partial charge is 0.496 e. The standard InChI is InChI=1S/C17H26N2O/c1-3-4-5-6-11-18-12-14-19-13-10-15-16(19)8-7-9-17(15)20-2/h7-10,13,18H,3-6,11-12,14H2,1-2H3. The van der Waals surface area contributed by atoms with Gasteiger partial charge >= 0.3 is 0 Å². The highest BCUT2D eigenvalue weighted by Gasteiger charge is 2.04. The second kappa shape index (κ2) is 7.95. The SMILES string of the molecule is CCCCCCNCCn1ccc2c(OC)cccc21. The monoisotopic (exact) mass is 274 g/mol. The van der Waals surface area contributed by atoms with E-state index in [9.17, 15) is 0 Å². The second-order valence-corrected chi connectivity index (χ2v) is 5.21. The van der Waals surface area contributed by atoms with E-state index in [4.69, 9.17) is 4.74 Å². The van der Waals surface area contributed by atoms with Crippen LogP contribution in [0.5, 0.6) is 5.75 Å². The molecule has 3 nitrogen and oxygen atoms in total. The molecule has 0 amide bonds. The molecule has 3 heteroatoms. The lowest BCUT2D eigenvalue weighted by atomic mass is 10.2. The number of aromatic nitrogens is 1. The minimum atomic E-state index is 0.953. The molecule has 0 radical (unpaired) electrons. The number of methoxy groups -OCH3 is 1. The van der Waals surface area contributed by atoms with Gasteiger partial charge in [0.15, 0.2) is 0 Å². The molecule has 2 aromatic rings. The molecule has 0 unspecified atom stereocenters. The van der Waals surface area contributed by atoms with Gasteiger partial charge in [0, 0.05) is 24.7 Å². The Bertz CT molecular complexity index is 519. The van der Waals surface area contributed by atoms with Gasteiger partial charge in [0.05, 0.1) is 12.6 Å². The first-order valence-electron chi connectivity index (χ1n) is 7.69. The molecular weight excluding hydrogens is 248 g/mol. The number of nitrogens with one attached hydrogen (secondary N) is 1. The Morgan fingerprint density at radius 2 is 2.00 bits per heavy atom. The number of nitrogens with zero attached hydrogens (tertiary/aromatic N) is 1. The van der Waals surface area contributed by atoms with Gasteiger partial charge in [-0.2, -0.15) is 0 Å². The van der Waals surface area contributed by atoms with Crippen LogP contribution in [0.25, 0.3) is 10.9 Å². The van der Waals surface area contributed by atoms with Gasteiger partial charge in [-0.15, -0.1) is 0 Å². The van der Waals surface area contributed by atoms with Crippen molar-refractivity contribution in [1.29, 1.82) is 0 Å². The minimum Gasteiger partial charge on any atom is -0.496 e. The molecule has 0 bridgehead atoms. The molecule has 1 heterocycles. The topological polar surface area (TPSA) is 26.2 Å². The Labute approximate surface area is 121 Å². The van der Waals surface area contributed by atoms with Crippen LogP contribution in [-0.4, -0.2) is 24.8 Å². The maximum absolute atomic E-state index is 5.39. The van der Waals surface area contributed by atoms with E-state index in [2.05, 4.69) is 41.2 Å². The molecule has 0 saturated carbocycles. The molecule has 0 saturated heterocycles. The van der Waals surface area contributed by atoms with E-state index in [1.54, 1.807) is 7.11 Å². The van der Waals surface area contributed by atoms with Crippen LogP contribution in [0.3, 0.4) is 0 Å². The Hall–Kier alpha value is -1.48. The Morgan fingerprint density at radius 1 is 1.10 bits per heavy atom. The average Bonchev–Trinajstić information content (AvgIpc) is 2.89. The van der Waals surface area contributed by atoms with Crippen molar-refractivity contribution in [3.63, 3.8) is 0 Å². The van der Waals surface area contributed by atoms with E-state index in [0.29, 0.717) is 0 Å². The summed E-state index contributed by atoms with van der Waals surface area (Å²) in [6.45, 7) is 5.40. The van der Waals surface area contributed by atoms with Gasteiger partial charge in [0.2, 0.25) is 0 Å².